The van der Waals surface area contributed by atoms with E-state index in [2.05, 4.69) is 0 Å². The summed E-state index contributed by atoms with van der Waals surface area (Å²) in [7, 11) is 0. The van der Waals surface area contributed by atoms with Crippen LogP contribution in [0.1, 0.15) is 19.3 Å². The van der Waals surface area contributed by atoms with E-state index < -0.39 is 5.79 Å². The van der Waals surface area contributed by atoms with E-state index in [1.807, 2.05) is 0 Å². The van der Waals surface area contributed by atoms with Crippen LogP contribution in [0.4, 0.5) is 0 Å². The highest BCUT2D eigenvalue weighted by Gasteiger charge is 2.43. The monoisotopic (exact) mass is 187 g/mol. The van der Waals surface area contributed by atoms with Crippen LogP contribution in [0, 0.1) is 5.92 Å². The molecule has 2 rings (SSSR count). The Morgan fingerprint density at radius 1 is 1.38 bits per heavy atom. The lowest BCUT2D eigenvalue weighted by molar-refractivity contribution is -0.192. The van der Waals surface area contributed by atoms with Crippen molar-refractivity contribution in [3.63, 3.8) is 0 Å². The summed E-state index contributed by atoms with van der Waals surface area (Å²) >= 11 is 0. The number of ether oxygens (including phenoxy) is 2. The molecule has 1 heterocycles. The molecule has 0 amide bonds. The largest absolute Gasteiger partial charge is 0.396 e. The second-order valence-electron chi connectivity index (χ2n) is 3.96. The molecule has 2 unspecified atom stereocenters. The topological polar surface area (TPSA) is 64.7 Å². The molecule has 1 saturated heterocycles. The van der Waals surface area contributed by atoms with Gasteiger partial charge in [-0.25, -0.2) is 0 Å². The first-order valence-corrected chi connectivity index (χ1v) is 4.90. The van der Waals surface area contributed by atoms with Crippen LogP contribution in [0.25, 0.3) is 0 Å². The quantitative estimate of drug-likeness (QED) is 0.599. The van der Waals surface area contributed by atoms with Gasteiger partial charge in [0.2, 0.25) is 0 Å². The molecule has 0 bridgehead atoms. The first-order valence-electron chi connectivity index (χ1n) is 4.90. The molecule has 0 radical (unpaired) electrons. The third-order valence-corrected chi connectivity index (χ3v) is 3.09. The van der Waals surface area contributed by atoms with E-state index in [4.69, 9.17) is 20.3 Å². The van der Waals surface area contributed by atoms with Crippen molar-refractivity contribution in [2.45, 2.75) is 31.1 Å². The van der Waals surface area contributed by atoms with Crippen molar-refractivity contribution in [2.24, 2.45) is 11.7 Å². The predicted molar refractivity (Wildman–Crippen MR) is 47.0 cm³/mol. The van der Waals surface area contributed by atoms with Crippen molar-refractivity contribution < 1.29 is 14.6 Å². The third-order valence-electron chi connectivity index (χ3n) is 3.09. The van der Waals surface area contributed by atoms with Crippen LogP contribution in [-0.2, 0) is 9.47 Å². The summed E-state index contributed by atoms with van der Waals surface area (Å²) in [4.78, 5) is 0. The molecule has 76 valence electrons. The summed E-state index contributed by atoms with van der Waals surface area (Å²) < 4.78 is 11.1. The highest BCUT2D eigenvalue weighted by molar-refractivity contribution is 4.89. The van der Waals surface area contributed by atoms with Crippen LogP contribution >= 0.6 is 0 Å². The van der Waals surface area contributed by atoms with Gasteiger partial charge < -0.3 is 20.3 Å². The standard InChI is InChI=1S/C9H17NO3/c10-8-1-2-9(5-7(8)6-11)12-3-4-13-9/h7-8,11H,1-6,10H2. The summed E-state index contributed by atoms with van der Waals surface area (Å²) in [5.74, 6) is -0.282. The van der Waals surface area contributed by atoms with Gasteiger partial charge in [0.25, 0.3) is 0 Å². The van der Waals surface area contributed by atoms with Crippen molar-refractivity contribution in [1.82, 2.24) is 0 Å². The van der Waals surface area contributed by atoms with Gasteiger partial charge in [-0.05, 0) is 6.42 Å². The average molecular weight is 187 g/mol. The number of rotatable bonds is 1. The zero-order valence-electron chi connectivity index (χ0n) is 7.74. The Morgan fingerprint density at radius 2 is 2.08 bits per heavy atom. The third kappa shape index (κ3) is 1.72. The van der Waals surface area contributed by atoms with E-state index in [0.717, 1.165) is 19.3 Å². The molecule has 0 aromatic carbocycles. The van der Waals surface area contributed by atoms with Gasteiger partial charge in [0.1, 0.15) is 0 Å². The maximum Gasteiger partial charge on any atom is 0.168 e. The van der Waals surface area contributed by atoms with Gasteiger partial charge in [-0.15, -0.1) is 0 Å². The molecule has 1 aliphatic heterocycles. The normalized spacial score (nSPS) is 38.3. The van der Waals surface area contributed by atoms with E-state index in [9.17, 15) is 0 Å². The molecular formula is C9H17NO3. The summed E-state index contributed by atoms with van der Waals surface area (Å²) in [6.07, 6.45) is 2.49. The maximum absolute atomic E-state index is 9.11. The van der Waals surface area contributed by atoms with Crippen LogP contribution in [0.15, 0.2) is 0 Å². The molecular weight excluding hydrogens is 170 g/mol. The smallest absolute Gasteiger partial charge is 0.168 e. The Hall–Kier alpha value is -0.160. The Balaban J connectivity index is 2.01. The minimum Gasteiger partial charge on any atom is -0.396 e. The Morgan fingerprint density at radius 3 is 2.69 bits per heavy atom. The van der Waals surface area contributed by atoms with Crippen molar-refractivity contribution in [3.05, 3.63) is 0 Å². The van der Waals surface area contributed by atoms with E-state index in [-0.39, 0.29) is 18.6 Å². The highest BCUT2D eigenvalue weighted by Crippen LogP contribution is 2.37. The van der Waals surface area contributed by atoms with Crippen LogP contribution in [0.2, 0.25) is 0 Å². The molecule has 2 atom stereocenters. The lowest BCUT2D eigenvalue weighted by Crippen LogP contribution is -2.47. The second-order valence-corrected chi connectivity index (χ2v) is 3.96. The molecule has 2 aliphatic rings. The van der Waals surface area contributed by atoms with E-state index in [0.29, 0.717) is 13.2 Å². The Kier molecular flexibility index (Phi) is 2.55. The van der Waals surface area contributed by atoms with Crippen LogP contribution in [0.5, 0.6) is 0 Å². The molecule has 1 saturated carbocycles. The van der Waals surface area contributed by atoms with Crippen LogP contribution < -0.4 is 5.73 Å². The Labute approximate surface area is 78.0 Å². The summed E-state index contributed by atoms with van der Waals surface area (Å²) in [6.45, 7) is 1.48. The van der Waals surface area contributed by atoms with Crippen molar-refractivity contribution in [3.8, 4) is 0 Å². The second kappa shape index (κ2) is 3.53. The summed E-state index contributed by atoms with van der Waals surface area (Å²) in [6, 6.07) is 0.100. The van der Waals surface area contributed by atoms with Crippen LogP contribution in [-0.4, -0.2) is 36.8 Å². The number of aliphatic hydroxyl groups is 1. The van der Waals surface area contributed by atoms with Gasteiger partial charge in [-0.1, -0.05) is 0 Å². The van der Waals surface area contributed by atoms with E-state index >= 15 is 0 Å². The molecule has 0 aromatic heterocycles. The SMILES string of the molecule is NC1CCC2(CC1CO)OCCO2. The fourth-order valence-electron chi connectivity index (χ4n) is 2.23. The van der Waals surface area contributed by atoms with Crippen LogP contribution in [0.3, 0.4) is 0 Å². The number of hydrogen-bond donors (Lipinski definition) is 2. The first-order chi connectivity index (χ1) is 6.26. The number of hydrogen-bond acceptors (Lipinski definition) is 4. The van der Waals surface area contributed by atoms with Gasteiger partial charge in [0.15, 0.2) is 5.79 Å². The van der Waals surface area contributed by atoms with Gasteiger partial charge in [-0.2, -0.15) is 0 Å². The Bertz CT molecular complexity index is 180. The van der Waals surface area contributed by atoms with Crippen molar-refractivity contribution >= 4 is 0 Å². The minimum atomic E-state index is -0.413. The number of nitrogens with two attached hydrogens (primary N) is 1. The molecule has 13 heavy (non-hydrogen) atoms. The molecule has 4 nitrogen and oxygen atoms in total. The minimum absolute atomic E-state index is 0.100. The average Bonchev–Trinajstić information content (AvgIpc) is 2.59. The molecule has 4 heteroatoms. The van der Waals surface area contributed by atoms with E-state index in [1.165, 1.54) is 0 Å². The molecule has 1 spiro atoms. The van der Waals surface area contributed by atoms with Crippen molar-refractivity contribution in [1.29, 1.82) is 0 Å². The summed E-state index contributed by atoms with van der Waals surface area (Å²) in [5.41, 5.74) is 5.87. The van der Waals surface area contributed by atoms with Gasteiger partial charge in [0.05, 0.1) is 13.2 Å². The zero-order chi connectivity index (χ0) is 9.31. The highest BCUT2D eigenvalue weighted by atomic mass is 16.7. The van der Waals surface area contributed by atoms with Gasteiger partial charge in [0, 0.05) is 31.4 Å². The van der Waals surface area contributed by atoms with Crippen molar-refractivity contribution in [2.75, 3.05) is 19.8 Å². The lowest BCUT2D eigenvalue weighted by Gasteiger charge is -2.38. The van der Waals surface area contributed by atoms with Gasteiger partial charge in [-0.3, -0.25) is 0 Å². The molecule has 2 fully saturated rings. The fraction of sp³-hybridized carbons (Fsp3) is 1.00. The zero-order valence-corrected chi connectivity index (χ0v) is 7.74. The van der Waals surface area contributed by atoms with Gasteiger partial charge >= 0.3 is 0 Å². The lowest BCUT2D eigenvalue weighted by atomic mass is 9.81. The first kappa shape index (κ1) is 9.40. The molecule has 3 N–H and O–H groups in total. The maximum atomic E-state index is 9.11. The summed E-state index contributed by atoms with van der Waals surface area (Å²) in [5, 5.41) is 9.11. The molecule has 0 aromatic rings. The van der Waals surface area contributed by atoms with E-state index in [1.54, 1.807) is 0 Å². The number of aliphatic hydroxyl groups excluding tert-OH is 1. The molecule has 1 aliphatic carbocycles. The fourth-order valence-corrected chi connectivity index (χ4v) is 2.23. The predicted octanol–water partition coefficient (Wildman–Crippen LogP) is -0.151.